The van der Waals surface area contributed by atoms with Gasteiger partial charge in [0.05, 0.1) is 11.4 Å². The molecule has 1 aliphatic rings. The lowest BCUT2D eigenvalue weighted by atomic mass is 10.2. The van der Waals surface area contributed by atoms with Crippen LogP contribution in [0, 0.1) is 0 Å². The number of ether oxygens (including phenoxy) is 1. The van der Waals surface area contributed by atoms with Crippen LogP contribution in [0.1, 0.15) is 10.4 Å². The zero-order chi connectivity index (χ0) is 19.9. The van der Waals surface area contributed by atoms with Crippen LogP contribution in [0.3, 0.4) is 0 Å². The first-order valence-electron chi connectivity index (χ1n) is 8.36. The maximum absolute atomic E-state index is 12.1. The van der Waals surface area contributed by atoms with Crippen LogP contribution in [-0.2, 0) is 19.1 Å². The quantitative estimate of drug-likeness (QED) is 0.577. The van der Waals surface area contributed by atoms with Gasteiger partial charge in [-0.2, -0.15) is 0 Å². The molecule has 0 spiro atoms. The number of hydrogen-bond acceptors (Lipinski definition) is 6. The molecule has 0 saturated carbocycles. The Hall–Kier alpha value is -3.33. The predicted molar refractivity (Wildman–Crippen MR) is 103 cm³/mol. The summed E-state index contributed by atoms with van der Waals surface area (Å²) in [5.74, 6) is -1.89. The summed E-state index contributed by atoms with van der Waals surface area (Å²) in [5, 5.41) is 0. The van der Waals surface area contributed by atoms with Crippen molar-refractivity contribution in [1.29, 1.82) is 0 Å². The van der Waals surface area contributed by atoms with Gasteiger partial charge in [-0.1, -0.05) is 30.3 Å². The lowest BCUT2D eigenvalue weighted by Crippen LogP contribution is -2.44. The highest BCUT2D eigenvalue weighted by atomic mass is 32.2. The Morgan fingerprint density at radius 1 is 1.00 bits per heavy atom. The monoisotopic (exact) mass is 399 g/mol. The minimum absolute atomic E-state index is 0.208. The molecule has 1 aliphatic heterocycles. The molecule has 8 nitrogen and oxygen atoms in total. The van der Waals surface area contributed by atoms with E-state index in [1.54, 1.807) is 42.5 Å². The van der Waals surface area contributed by atoms with Crippen LogP contribution in [0.5, 0.6) is 0 Å². The predicted octanol–water partition coefficient (Wildman–Crippen LogP) is 1.13. The standard InChI is InChI=1S/C19H17N3O5S/c23-16(20-21-19(26)13-6-2-1-3-7-13)11-27-18(25)10-22-14-8-4-5-9-15(14)28-12-17(22)24/h1-9H,10-12H2,(H,20,23)(H,21,26). The van der Waals surface area contributed by atoms with Gasteiger partial charge in [-0.15, -0.1) is 11.8 Å². The SMILES string of the molecule is O=C(COC(=O)CN1C(=O)CSc2ccccc21)NNC(=O)c1ccccc1. The molecule has 2 aromatic rings. The Balaban J connectivity index is 1.46. The smallest absolute Gasteiger partial charge is 0.326 e. The number of anilines is 1. The van der Waals surface area contributed by atoms with Crippen LogP contribution < -0.4 is 15.8 Å². The average Bonchev–Trinajstić information content (AvgIpc) is 2.73. The second kappa shape index (κ2) is 9.05. The topological polar surface area (TPSA) is 105 Å². The zero-order valence-electron chi connectivity index (χ0n) is 14.7. The molecule has 0 aliphatic carbocycles. The van der Waals surface area contributed by atoms with Crippen molar-refractivity contribution in [2.24, 2.45) is 0 Å². The first-order chi connectivity index (χ1) is 13.5. The molecular weight excluding hydrogens is 382 g/mol. The van der Waals surface area contributed by atoms with E-state index in [0.29, 0.717) is 11.3 Å². The molecule has 28 heavy (non-hydrogen) atoms. The number of para-hydroxylation sites is 1. The molecule has 2 N–H and O–H groups in total. The summed E-state index contributed by atoms with van der Waals surface area (Å²) < 4.78 is 4.90. The van der Waals surface area contributed by atoms with Crippen LogP contribution in [0.4, 0.5) is 5.69 Å². The third-order valence-electron chi connectivity index (χ3n) is 3.81. The third-order valence-corrected chi connectivity index (χ3v) is 4.86. The number of hydrazine groups is 1. The normalized spacial score (nSPS) is 12.7. The van der Waals surface area contributed by atoms with Gasteiger partial charge in [-0.3, -0.25) is 34.9 Å². The second-order valence-corrected chi connectivity index (χ2v) is 6.78. The summed E-state index contributed by atoms with van der Waals surface area (Å²) in [6.07, 6.45) is 0. The number of thioether (sulfide) groups is 1. The summed E-state index contributed by atoms with van der Waals surface area (Å²) in [7, 11) is 0. The maximum atomic E-state index is 12.1. The number of nitrogens with zero attached hydrogens (tertiary/aromatic N) is 1. The maximum Gasteiger partial charge on any atom is 0.326 e. The highest BCUT2D eigenvalue weighted by Gasteiger charge is 2.26. The Kier molecular flexibility index (Phi) is 6.28. The molecule has 2 aromatic carbocycles. The van der Waals surface area contributed by atoms with Gasteiger partial charge >= 0.3 is 5.97 Å². The molecule has 0 fully saturated rings. The molecule has 0 bridgehead atoms. The van der Waals surface area contributed by atoms with E-state index in [9.17, 15) is 19.2 Å². The number of amides is 3. The van der Waals surface area contributed by atoms with Crippen molar-refractivity contribution in [2.75, 3.05) is 23.8 Å². The average molecular weight is 399 g/mol. The van der Waals surface area contributed by atoms with Crippen molar-refractivity contribution in [3.63, 3.8) is 0 Å². The van der Waals surface area contributed by atoms with E-state index < -0.39 is 24.4 Å². The van der Waals surface area contributed by atoms with Crippen molar-refractivity contribution in [1.82, 2.24) is 10.9 Å². The van der Waals surface area contributed by atoms with Crippen LogP contribution >= 0.6 is 11.8 Å². The van der Waals surface area contributed by atoms with Crippen LogP contribution in [0.15, 0.2) is 59.5 Å². The molecule has 0 atom stereocenters. The Morgan fingerprint density at radius 3 is 2.50 bits per heavy atom. The highest BCUT2D eigenvalue weighted by molar-refractivity contribution is 8.00. The number of benzene rings is 2. The molecular formula is C19H17N3O5S. The Labute approximate surface area is 165 Å². The molecule has 0 unspecified atom stereocenters. The lowest BCUT2D eigenvalue weighted by Gasteiger charge is -2.27. The van der Waals surface area contributed by atoms with Crippen molar-refractivity contribution < 1.29 is 23.9 Å². The lowest BCUT2D eigenvalue weighted by molar-refractivity contribution is -0.147. The van der Waals surface area contributed by atoms with Gasteiger partial charge < -0.3 is 4.74 Å². The van der Waals surface area contributed by atoms with E-state index in [2.05, 4.69) is 10.9 Å². The number of esters is 1. The van der Waals surface area contributed by atoms with Gasteiger partial charge in [-0.25, -0.2) is 0 Å². The van der Waals surface area contributed by atoms with Crippen LogP contribution in [0.2, 0.25) is 0 Å². The number of carbonyl (C=O) groups excluding carboxylic acids is 4. The van der Waals surface area contributed by atoms with E-state index in [1.807, 2.05) is 12.1 Å². The van der Waals surface area contributed by atoms with Crippen molar-refractivity contribution in [2.45, 2.75) is 4.90 Å². The van der Waals surface area contributed by atoms with E-state index in [0.717, 1.165) is 4.90 Å². The number of nitrogens with one attached hydrogen (secondary N) is 2. The molecule has 3 amide bonds. The summed E-state index contributed by atoms with van der Waals surface area (Å²) in [6.45, 7) is -0.869. The van der Waals surface area contributed by atoms with Gasteiger partial charge in [0.15, 0.2) is 6.61 Å². The Morgan fingerprint density at radius 2 is 1.71 bits per heavy atom. The summed E-state index contributed by atoms with van der Waals surface area (Å²) >= 11 is 1.41. The van der Waals surface area contributed by atoms with Gasteiger partial charge in [0.25, 0.3) is 11.8 Å². The zero-order valence-corrected chi connectivity index (χ0v) is 15.5. The van der Waals surface area contributed by atoms with Gasteiger partial charge in [0, 0.05) is 10.5 Å². The summed E-state index contributed by atoms with van der Waals surface area (Å²) in [4.78, 5) is 50.0. The molecule has 0 radical (unpaired) electrons. The molecule has 9 heteroatoms. The number of carbonyl (C=O) groups is 4. The molecule has 0 saturated heterocycles. The highest BCUT2D eigenvalue weighted by Crippen LogP contribution is 2.34. The molecule has 1 heterocycles. The van der Waals surface area contributed by atoms with Gasteiger partial charge in [-0.05, 0) is 24.3 Å². The fourth-order valence-electron chi connectivity index (χ4n) is 2.47. The molecule has 0 aromatic heterocycles. The van der Waals surface area contributed by atoms with E-state index in [4.69, 9.17) is 4.74 Å². The minimum Gasteiger partial charge on any atom is -0.454 e. The molecule has 3 rings (SSSR count). The second-order valence-electron chi connectivity index (χ2n) is 5.77. The number of hydrogen-bond donors (Lipinski definition) is 2. The van der Waals surface area contributed by atoms with E-state index in [1.165, 1.54) is 16.7 Å². The number of fused-ring (bicyclic) bond motifs is 1. The first kappa shape index (κ1) is 19.4. The summed E-state index contributed by atoms with van der Waals surface area (Å²) in [6, 6.07) is 15.6. The van der Waals surface area contributed by atoms with Crippen molar-refractivity contribution >= 4 is 41.1 Å². The minimum atomic E-state index is -0.723. The van der Waals surface area contributed by atoms with Crippen LogP contribution in [-0.4, -0.2) is 42.6 Å². The van der Waals surface area contributed by atoms with E-state index >= 15 is 0 Å². The third kappa shape index (κ3) is 4.89. The van der Waals surface area contributed by atoms with Crippen molar-refractivity contribution in [3.8, 4) is 0 Å². The molecule has 144 valence electrons. The van der Waals surface area contributed by atoms with Gasteiger partial charge in [0.1, 0.15) is 6.54 Å². The van der Waals surface area contributed by atoms with Crippen LogP contribution in [0.25, 0.3) is 0 Å². The Bertz CT molecular complexity index is 903. The number of rotatable bonds is 5. The fourth-order valence-corrected chi connectivity index (χ4v) is 3.41. The first-order valence-corrected chi connectivity index (χ1v) is 9.35. The van der Waals surface area contributed by atoms with Crippen molar-refractivity contribution in [3.05, 3.63) is 60.2 Å². The van der Waals surface area contributed by atoms with E-state index in [-0.39, 0.29) is 18.2 Å². The largest absolute Gasteiger partial charge is 0.454 e. The summed E-state index contributed by atoms with van der Waals surface area (Å²) in [5.41, 5.74) is 5.41. The van der Waals surface area contributed by atoms with Gasteiger partial charge in [0.2, 0.25) is 5.91 Å². The fraction of sp³-hybridized carbons (Fsp3) is 0.158.